The minimum absolute atomic E-state index is 0.663. The van der Waals surface area contributed by atoms with E-state index < -0.39 is 0 Å². The van der Waals surface area contributed by atoms with Crippen LogP contribution in [0.15, 0.2) is 23.1 Å². The molecule has 0 aromatic heterocycles. The molecule has 0 spiro atoms. The summed E-state index contributed by atoms with van der Waals surface area (Å²) in [6, 6.07) is 8.49. The number of benzene rings is 1. The van der Waals surface area contributed by atoms with Gasteiger partial charge in [0.05, 0.1) is 11.3 Å². The van der Waals surface area contributed by atoms with Crippen LogP contribution in [0.4, 0.5) is 5.69 Å². The molecule has 4 heteroatoms. The van der Waals surface area contributed by atoms with Crippen LogP contribution in [0.2, 0.25) is 0 Å². The number of nitriles is 1. The Morgan fingerprint density at radius 3 is 2.74 bits per heavy atom. The summed E-state index contributed by atoms with van der Waals surface area (Å²) in [6.45, 7) is 2.88. The second-order valence-electron chi connectivity index (χ2n) is 4.85. The number of ether oxygens (including phenoxy) is 1. The van der Waals surface area contributed by atoms with Gasteiger partial charge in [-0.15, -0.1) is 11.8 Å². The maximum Gasteiger partial charge on any atom is 0.103 e. The van der Waals surface area contributed by atoms with Gasteiger partial charge in [-0.3, -0.25) is 0 Å². The zero-order chi connectivity index (χ0) is 13.7. The summed E-state index contributed by atoms with van der Waals surface area (Å²) in [4.78, 5) is 3.41. The molecule has 1 aromatic carbocycles. The molecule has 1 fully saturated rings. The molecule has 0 atom stereocenters. The Morgan fingerprint density at radius 1 is 1.42 bits per heavy atom. The number of anilines is 1. The number of methoxy groups -OCH3 is 1. The molecule has 19 heavy (non-hydrogen) atoms. The Hall–Kier alpha value is -1.18. The van der Waals surface area contributed by atoms with Crippen molar-refractivity contribution in [1.29, 1.82) is 5.26 Å². The highest BCUT2D eigenvalue weighted by Crippen LogP contribution is 2.31. The lowest BCUT2D eigenvalue weighted by molar-refractivity contribution is 0.139. The molecule has 0 amide bonds. The van der Waals surface area contributed by atoms with Gasteiger partial charge in [-0.1, -0.05) is 6.07 Å². The predicted octanol–water partition coefficient (Wildman–Crippen LogP) is 3.14. The zero-order valence-corrected chi connectivity index (χ0v) is 12.4. The fourth-order valence-electron chi connectivity index (χ4n) is 2.64. The molecule has 0 saturated carbocycles. The summed E-state index contributed by atoms with van der Waals surface area (Å²) in [5.41, 5.74) is 1.91. The number of piperidine rings is 1. The minimum Gasteiger partial charge on any atom is -0.384 e. The van der Waals surface area contributed by atoms with Crippen LogP contribution < -0.4 is 4.90 Å². The normalized spacial score (nSPS) is 16.4. The van der Waals surface area contributed by atoms with Crippen LogP contribution in [-0.2, 0) is 4.74 Å². The van der Waals surface area contributed by atoms with Gasteiger partial charge in [0, 0.05) is 31.7 Å². The van der Waals surface area contributed by atoms with E-state index in [2.05, 4.69) is 17.0 Å². The Balaban J connectivity index is 2.14. The largest absolute Gasteiger partial charge is 0.384 e. The van der Waals surface area contributed by atoms with E-state index in [1.165, 1.54) is 0 Å². The third kappa shape index (κ3) is 3.23. The van der Waals surface area contributed by atoms with Crippen molar-refractivity contribution in [1.82, 2.24) is 0 Å². The van der Waals surface area contributed by atoms with Crippen LogP contribution in [-0.4, -0.2) is 33.1 Å². The molecule has 2 rings (SSSR count). The molecule has 1 aromatic rings. The van der Waals surface area contributed by atoms with Gasteiger partial charge in [0.15, 0.2) is 0 Å². The first-order valence-electron chi connectivity index (χ1n) is 6.61. The number of rotatable bonds is 4. The monoisotopic (exact) mass is 276 g/mol. The maximum atomic E-state index is 9.39. The number of hydrogen-bond donors (Lipinski definition) is 0. The molecule has 0 N–H and O–H groups in total. The number of thioether (sulfide) groups is 1. The Morgan fingerprint density at radius 2 is 2.16 bits per heavy atom. The van der Waals surface area contributed by atoms with Crippen LogP contribution >= 0.6 is 11.8 Å². The second kappa shape index (κ2) is 6.83. The van der Waals surface area contributed by atoms with Crippen molar-refractivity contribution in [2.75, 3.05) is 38.0 Å². The quantitative estimate of drug-likeness (QED) is 0.792. The van der Waals surface area contributed by atoms with Gasteiger partial charge in [0.1, 0.15) is 6.07 Å². The van der Waals surface area contributed by atoms with Crippen molar-refractivity contribution in [3.8, 4) is 6.07 Å². The molecule has 3 nitrogen and oxygen atoms in total. The van der Waals surface area contributed by atoms with Gasteiger partial charge >= 0.3 is 0 Å². The lowest BCUT2D eigenvalue weighted by atomic mass is 9.97. The van der Waals surface area contributed by atoms with Gasteiger partial charge in [-0.05, 0) is 37.1 Å². The molecular formula is C15H20N2OS. The molecule has 0 unspecified atom stereocenters. The number of nitrogens with zero attached hydrogens (tertiary/aromatic N) is 2. The second-order valence-corrected chi connectivity index (χ2v) is 5.70. The van der Waals surface area contributed by atoms with E-state index in [1.807, 2.05) is 18.4 Å². The molecule has 0 aliphatic carbocycles. The SMILES string of the molecule is COCC1CCN(c2cccc(SC)c2C#N)CC1. The zero-order valence-electron chi connectivity index (χ0n) is 11.6. The smallest absolute Gasteiger partial charge is 0.103 e. The summed E-state index contributed by atoms with van der Waals surface area (Å²) < 4.78 is 5.23. The van der Waals surface area contributed by atoms with E-state index >= 15 is 0 Å². The Labute approximate surface area is 119 Å². The fourth-order valence-corrected chi connectivity index (χ4v) is 3.21. The summed E-state index contributed by atoms with van der Waals surface area (Å²) in [7, 11) is 1.77. The highest BCUT2D eigenvalue weighted by molar-refractivity contribution is 7.98. The molecule has 1 saturated heterocycles. The molecule has 0 bridgehead atoms. The molecular weight excluding hydrogens is 256 g/mol. The van der Waals surface area contributed by atoms with Crippen molar-refractivity contribution >= 4 is 17.4 Å². The highest BCUT2D eigenvalue weighted by Gasteiger charge is 2.21. The summed E-state index contributed by atoms with van der Waals surface area (Å²) >= 11 is 1.64. The standard InChI is InChI=1S/C15H20N2OS/c1-18-11-12-6-8-17(9-7-12)14-4-3-5-15(19-2)13(14)10-16/h3-5,12H,6-9,11H2,1-2H3. The van der Waals surface area contributed by atoms with Crippen LogP contribution in [0.25, 0.3) is 0 Å². The Bertz CT molecular complexity index is 462. The van der Waals surface area contributed by atoms with Crippen LogP contribution in [0.3, 0.4) is 0 Å². The van der Waals surface area contributed by atoms with Gasteiger partial charge in [0.25, 0.3) is 0 Å². The van der Waals surface area contributed by atoms with Crippen molar-refractivity contribution < 1.29 is 4.74 Å². The molecule has 102 valence electrons. The van der Waals surface area contributed by atoms with Crippen LogP contribution in [0, 0.1) is 17.2 Å². The molecule has 1 heterocycles. The average Bonchev–Trinajstić information content (AvgIpc) is 2.47. The van der Waals surface area contributed by atoms with Crippen LogP contribution in [0.5, 0.6) is 0 Å². The number of hydrogen-bond acceptors (Lipinski definition) is 4. The summed E-state index contributed by atoms with van der Waals surface area (Å²) in [5.74, 6) is 0.663. The van der Waals surface area contributed by atoms with Gasteiger partial charge in [0.2, 0.25) is 0 Å². The van der Waals surface area contributed by atoms with Crippen LogP contribution in [0.1, 0.15) is 18.4 Å². The highest BCUT2D eigenvalue weighted by atomic mass is 32.2. The Kier molecular flexibility index (Phi) is 5.12. The van der Waals surface area contributed by atoms with E-state index in [1.54, 1.807) is 18.9 Å². The fraction of sp³-hybridized carbons (Fsp3) is 0.533. The first kappa shape index (κ1) is 14.2. The average molecular weight is 276 g/mol. The van der Waals surface area contributed by atoms with Crippen molar-refractivity contribution in [3.63, 3.8) is 0 Å². The van der Waals surface area contributed by atoms with Gasteiger partial charge in [-0.2, -0.15) is 5.26 Å². The third-order valence-corrected chi connectivity index (χ3v) is 4.47. The first-order valence-corrected chi connectivity index (χ1v) is 7.83. The van der Waals surface area contributed by atoms with Crippen molar-refractivity contribution in [2.24, 2.45) is 5.92 Å². The van der Waals surface area contributed by atoms with E-state index in [4.69, 9.17) is 4.74 Å². The van der Waals surface area contributed by atoms with E-state index in [0.717, 1.165) is 48.7 Å². The van der Waals surface area contributed by atoms with E-state index in [0.29, 0.717) is 5.92 Å². The summed E-state index contributed by atoms with van der Waals surface area (Å²) in [5, 5.41) is 9.39. The van der Waals surface area contributed by atoms with Crippen molar-refractivity contribution in [2.45, 2.75) is 17.7 Å². The predicted molar refractivity (Wildman–Crippen MR) is 79.8 cm³/mol. The maximum absolute atomic E-state index is 9.39. The minimum atomic E-state index is 0.663. The molecule has 1 aliphatic heterocycles. The van der Waals surface area contributed by atoms with E-state index in [-0.39, 0.29) is 0 Å². The lowest BCUT2D eigenvalue weighted by Gasteiger charge is -2.34. The molecule has 0 radical (unpaired) electrons. The van der Waals surface area contributed by atoms with E-state index in [9.17, 15) is 5.26 Å². The van der Waals surface area contributed by atoms with Gasteiger partial charge < -0.3 is 9.64 Å². The topological polar surface area (TPSA) is 36.3 Å². The molecule has 1 aliphatic rings. The van der Waals surface area contributed by atoms with Crippen molar-refractivity contribution in [3.05, 3.63) is 23.8 Å². The lowest BCUT2D eigenvalue weighted by Crippen LogP contribution is -2.35. The summed E-state index contributed by atoms with van der Waals surface area (Å²) in [6.07, 6.45) is 4.30. The first-order chi connectivity index (χ1) is 9.30. The van der Waals surface area contributed by atoms with Gasteiger partial charge in [-0.25, -0.2) is 0 Å². The third-order valence-electron chi connectivity index (χ3n) is 3.69.